The van der Waals surface area contributed by atoms with Crippen LogP contribution in [-0.4, -0.2) is 28.2 Å². The van der Waals surface area contributed by atoms with Crippen LogP contribution in [0.25, 0.3) is 11.0 Å². The van der Waals surface area contributed by atoms with Crippen molar-refractivity contribution >= 4 is 11.0 Å². The number of hydrogen-bond donors (Lipinski definition) is 0. The van der Waals surface area contributed by atoms with Crippen molar-refractivity contribution in [2.24, 2.45) is 0 Å². The lowest BCUT2D eigenvalue weighted by Gasteiger charge is -2.08. The summed E-state index contributed by atoms with van der Waals surface area (Å²) in [5.74, 6) is 0. The molecule has 17 heavy (non-hydrogen) atoms. The maximum atomic E-state index is 8.79. The minimum atomic E-state index is 0.202. The van der Waals surface area contributed by atoms with Gasteiger partial charge in [-0.2, -0.15) is 5.26 Å². The summed E-state index contributed by atoms with van der Waals surface area (Å²) in [4.78, 5) is 0. The first-order valence-electron chi connectivity index (χ1n) is 5.50. The van der Waals surface area contributed by atoms with Gasteiger partial charge in [0.2, 0.25) is 0 Å². The van der Waals surface area contributed by atoms with E-state index in [2.05, 4.69) is 16.4 Å². The molecular weight excluding hydrogens is 216 g/mol. The van der Waals surface area contributed by atoms with Gasteiger partial charge in [-0.15, -0.1) is 5.10 Å². The zero-order chi connectivity index (χ0) is 12.3. The van der Waals surface area contributed by atoms with Gasteiger partial charge in [-0.05, 0) is 31.5 Å². The maximum Gasteiger partial charge on any atom is 0.114 e. The van der Waals surface area contributed by atoms with E-state index in [1.54, 1.807) is 19.2 Å². The first-order chi connectivity index (χ1) is 8.24. The van der Waals surface area contributed by atoms with E-state index in [9.17, 15) is 0 Å². The Labute approximate surface area is 99.6 Å². The van der Waals surface area contributed by atoms with Crippen LogP contribution in [0.5, 0.6) is 0 Å². The van der Waals surface area contributed by atoms with Gasteiger partial charge >= 0.3 is 0 Å². The summed E-state index contributed by atoms with van der Waals surface area (Å²) >= 11 is 0. The van der Waals surface area contributed by atoms with E-state index >= 15 is 0 Å². The SMILES string of the molecule is COC(C)CCn1nnc2cc(C#N)ccc21. The standard InChI is InChI=1S/C12H14N4O/c1-9(17-2)5-6-16-12-4-3-10(8-13)7-11(12)14-15-16/h3-4,7,9H,5-6H2,1-2H3. The number of rotatable bonds is 4. The first-order valence-corrected chi connectivity index (χ1v) is 5.50. The highest BCUT2D eigenvalue weighted by Crippen LogP contribution is 2.13. The normalized spacial score (nSPS) is 12.5. The molecule has 1 heterocycles. The maximum absolute atomic E-state index is 8.79. The summed E-state index contributed by atoms with van der Waals surface area (Å²) in [6.45, 7) is 2.78. The van der Waals surface area contributed by atoms with E-state index in [-0.39, 0.29) is 6.10 Å². The van der Waals surface area contributed by atoms with Crippen LogP contribution in [0.3, 0.4) is 0 Å². The minimum Gasteiger partial charge on any atom is -0.382 e. The van der Waals surface area contributed by atoms with Crippen molar-refractivity contribution < 1.29 is 4.74 Å². The molecule has 0 spiro atoms. The van der Waals surface area contributed by atoms with Crippen LogP contribution in [0.15, 0.2) is 18.2 Å². The highest BCUT2D eigenvalue weighted by molar-refractivity contribution is 5.75. The van der Waals surface area contributed by atoms with Gasteiger partial charge in [0.05, 0.1) is 23.3 Å². The molecular formula is C12H14N4O. The highest BCUT2D eigenvalue weighted by Gasteiger charge is 2.07. The van der Waals surface area contributed by atoms with Crippen molar-refractivity contribution in [1.82, 2.24) is 15.0 Å². The Morgan fingerprint density at radius 3 is 3.06 bits per heavy atom. The number of aromatic nitrogens is 3. The van der Waals surface area contributed by atoms with E-state index in [1.807, 2.05) is 17.7 Å². The Kier molecular flexibility index (Phi) is 3.35. The molecule has 1 unspecified atom stereocenters. The van der Waals surface area contributed by atoms with Gasteiger partial charge < -0.3 is 4.74 Å². The molecule has 0 aliphatic carbocycles. The van der Waals surface area contributed by atoms with Crippen LogP contribution < -0.4 is 0 Å². The molecule has 2 rings (SSSR count). The molecule has 0 bridgehead atoms. The van der Waals surface area contributed by atoms with E-state index in [4.69, 9.17) is 10.00 Å². The molecule has 5 nitrogen and oxygen atoms in total. The third-order valence-electron chi connectivity index (χ3n) is 2.79. The van der Waals surface area contributed by atoms with Gasteiger partial charge in [0.25, 0.3) is 0 Å². The molecule has 1 aromatic carbocycles. The Balaban J connectivity index is 2.22. The number of aryl methyl sites for hydroxylation is 1. The summed E-state index contributed by atoms with van der Waals surface area (Å²) in [5.41, 5.74) is 2.32. The number of ether oxygens (including phenoxy) is 1. The third-order valence-corrected chi connectivity index (χ3v) is 2.79. The van der Waals surface area contributed by atoms with Gasteiger partial charge in [-0.1, -0.05) is 5.21 Å². The average molecular weight is 230 g/mol. The van der Waals surface area contributed by atoms with Crippen LogP contribution in [0, 0.1) is 11.3 Å². The van der Waals surface area contributed by atoms with Crippen LogP contribution in [0.2, 0.25) is 0 Å². The van der Waals surface area contributed by atoms with Crippen LogP contribution in [0.4, 0.5) is 0 Å². The fourth-order valence-corrected chi connectivity index (χ4v) is 1.63. The molecule has 0 saturated carbocycles. The predicted octanol–water partition coefficient (Wildman–Crippen LogP) is 1.73. The van der Waals surface area contributed by atoms with Gasteiger partial charge in [-0.25, -0.2) is 4.68 Å². The fraction of sp³-hybridized carbons (Fsp3) is 0.417. The van der Waals surface area contributed by atoms with E-state index in [1.165, 1.54) is 0 Å². The Bertz CT molecular complexity index is 555. The first kappa shape index (κ1) is 11.6. The van der Waals surface area contributed by atoms with Crippen molar-refractivity contribution in [2.75, 3.05) is 7.11 Å². The average Bonchev–Trinajstić information content (AvgIpc) is 2.77. The van der Waals surface area contributed by atoms with Crippen molar-refractivity contribution in [1.29, 1.82) is 5.26 Å². The zero-order valence-electron chi connectivity index (χ0n) is 9.92. The number of benzene rings is 1. The number of hydrogen-bond acceptors (Lipinski definition) is 4. The molecule has 2 aromatic rings. The lowest BCUT2D eigenvalue weighted by atomic mass is 10.2. The summed E-state index contributed by atoms with van der Waals surface area (Å²) in [7, 11) is 1.70. The molecule has 5 heteroatoms. The van der Waals surface area contributed by atoms with Gasteiger partial charge in [0.15, 0.2) is 0 Å². The number of methoxy groups -OCH3 is 1. The Morgan fingerprint density at radius 2 is 2.35 bits per heavy atom. The molecule has 0 N–H and O–H groups in total. The molecule has 0 saturated heterocycles. The molecule has 0 fully saturated rings. The highest BCUT2D eigenvalue weighted by atomic mass is 16.5. The lowest BCUT2D eigenvalue weighted by molar-refractivity contribution is 0.106. The molecule has 0 aliphatic heterocycles. The summed E-state index contributed by atoms with van der Waals surface area (Å²) in [6.07, 6.45) is 1.09. The monoisotopic (exact) mass is 230 g/mol. The third kappa shape index (κ3) is 2.43. The van der Waals surface area contributed by atoms with E-state index < -0.39 is 0 Å². The van der Waals surface area contributed by atoms with Crippen molar-refractivity contribution in [3.8, 4) is 6.07 Å². The number of nitriles is 1. The Hall–Kier alpha value is -1.93. The minimum absolute atomic E-state index is 0.202. The second-order valence-electron chi connectivity index (χ2n) is 3.96. The smallest absolute Gasteiger partial charge is 0.114 e. The Morgan fingerprint density at radius 1 is 1.53 bits per heavy atom. The summed E-state index contributed by atoms with van der Waals surface area (Å²) in [5, 5.41) is 16.9. The van der Waals surface area contributed by atoms with Gasteiger partial charge in [0.1, 0.15) is 5.52 Å². The van der Waals surface area contributed by atoms with E-state index in [0.717, 1.165) is 24.0 Å². The van der Waals surface area contributed by atoms with Crippen LogP contribution >= 0.6 is 0 Å². The van der Waals surface area contributed by atoms with Crippen molar-refractivity contribution in [3.63, 3.8) is 0 Å². The summed E-state index contributed by atoms with van der Waals surface area (Å²) in [6, 6.07) is 7.50. The van der Waals surface area contributed by atoms with Crippen molar-refractivity contribution in [2.45, 2.75) is 26.0 Å². The second-order valence-corrected chi connectivity index (χ2v) is 3.96. The molecule has 0 aliphatic rings. The van der Waals surface area contributed by atoms with Gasteiger partial charge in [-0.3, -0.25) is 0 Å². The zero-order valence-corrected chi connectivity index (χ0v) is 9.92. The fourth-order valence-electron chi connectivity index (χ4n) is 1.63. The van der Waals surface area contributed by atoms with Crippen molar-refractivity contribution in [3.05, 3.63) is 23.8 Å². The topological polar surface area (TPSA) is 63.7 Å². The lowest BCUT2D eigenvalue weighted by Crippen LogP contribution is -2.10. The summed E-state index contributed by atoms with van der Waals surface area (Å²) < 4.78 is 7.03. The molecule has 1 aromatic heterocycles. The van der Waals surface area contributed by atoms with Gasteiger partial charge in [0, 0.05) is 13.7 Å². The molecule has 0 amide bonds. The molecule has 0 radical (unpaired) electrons. The van der Waals surface area contributed by atoms with Crippen LogP contribution in [-0.2, 0) is 11.3 Å². The van der Waals surface area contributed by atoms with Crippen LogP contribution in [0.1, 0.15) is 18.9 Å². The number of fused-ring (bicyclic) bond motifs is 1. The largest absolute Gasteiger partial charge is 0.382 e. The molecule has 88 valence electrons. The second kappa shape index (κ2) is 4.93. The molecule has 1 atom stereocenters. The number of nitrogens with zero attached hydrogens (tertiary/aromatic N) is 4. The predicted molar refractivity (Wildman–Crippen MR) is 63.3 cm³/mol. The van der Waals surface area contributed by atoms with E-state index in [0.29, 0.717) is 5.56 Å². The quantitative estimate of drug-likeness (QED) is 0.802.